The normalized spacial score (nSPS) is 19.5. The summed E-state index contributed by atoms with van der Waals surface area (Å²) in [7, 11) is 0. The molecule has 0 aliphatic heterocycles. The van der Waals surface area contributed by atoms with Gasteiger partial charge in [-0.1, -0.05) is 0 Å². The van der Waals surface area contributed by atoms with Crippen molar-refractivity contribution in [3.8, 4) is 5.75 Å². The Morgan fingerprint density at radius 2 is 2.04 bits per heavy atom. The zero-order chi connectivity index (χ0) is 19.7. The maximum atomic E-state index is 12.8. The first-order valence-corrected chi connectivity index (χ1v) is 10.2. The Bertz CT molecular complexity index is 1070. The molecule has 28 heavy (non-hydrogen) atoms. The third kappa shape index (κ3) is 3.64. The fourth-order valence-corrected chi connectivity index (χ4v) is 4.70. The number of hydrogen-bond donors (Lipinski definition) is 2. The lowest BCUT2D eigenvalue weighted by atomic mass is 9.92. The van der Waals surface area contributed by atoms with Crippen LogP contribution in [0.1, 0.15) is 46.6 Å². The molecule has 0 saturated heterocycles. The lowest BCUT2D eigenvalue weighted by Gasteiger charge is -2.29. The molecule has 0 aromatic carbocycles. The monoisotopic (exact) mass is 398 g/mol. The average molecular weight is 398 g/mol. The van der Waals surface area contributed by atoms with E-state index in [0.717, 1.165) is 37.1 Å². The lowest BCUT2D eigenvalue weighted by Crippen LogP contribution is -2.39. The van der Waals surface area contributed by atoms with Gasteiger partial charge in [0.05, 0.1) is 28.4 Å². The summed E-state index contributed by atoms with van der Waals surface area (Å²) < 4.78 is 6.08. The van der Waals surface area contributed by atoms with Crippen molar-refractivity contribution >= 4 is 27.5 Å². The van der Waals surface area contributed by atoms with Crippen LogP contribution >= 0.6 is 11.3 Å². The minimum atomic E-state index is -0.207. The first-order valence-electron chi connectivity index (χ1n) is 9.39. The van der Waals surface area contributed by atoms with E-state index < -0.39 is 0 Å². The number of pyridine rings is 1. The number of aromatic amines is 1. The summed E-state index contributed by atoms with van der Waals surface area (Å²) in [5.41, 5.74) is 1.37. The summed E-state index contributed by atoms with van der Waals surface area (Å²) in [5.74, 6) is 0.695. The molecule has 7 nitrogen and oxygen atoms in total. The molecule has 0 radical (unpaired) electrons. The summed E-state index contributed by atoms with van der Waals surface area (Å²) in [6.07, 6.45) is 6.75. The molecule has 1 amide bonds. The van der Waals surface area contributed by atoms with Crippen molar-refractivity contribution in [3.05, 3.63) is 51.1 Å². The molecular weight excluding hydrogens is 376 g/mol. The van der Waals surface area contributed by atoms with Crippen LogP contribution in [0.25, 0.3) is 10.2 Å². The smallest absolute Gasteiger partial charge is 0.261 e. The lowest BCUT2D eigenvalue weighted by molar-refractivity contribution is 0.0896. The van der Waals surface area contributed by atoms with Crippen LogP contribution in [0.5, 0.6) is 5.75 Å². The van der Waals surface area contributed by atoms with Crippen LogP contribution in [-0.2, 0) is 0 Å². The van der Waals surface area contributed by atoms with E-state index in [4.69, 9.17) is 4.74 Å². The number of rotatable bonds is 4. The maximum Gasteiger partial charge on any atom is 0.261 e. The van der Waals surface area contributed by atoms with Gasteiger partial charge in [0.15, 0.2) is 0 Å². The van der Waals surface area contributed by atoms with Crippen molar-refractivity contribution in [1.82, 2.24) is 20.3 Å². The van der Waals surface area contributed by atoms with E-state index >= 15 is 0 Å². The molecule has 3 heterocycles. The van der Waals surface area contributed by atoms with Gasteiger partial charge in [-0.25, -0.2) is 4.98 Å². The molecule has 1 saturated carbocycles. The number of thiophene rings is 1. The van der Waals surface area contributed by atoms with Crippen LogP contribution in [0, 0.1) is 13.8 Å². The van der Waals surface area contributed by atoms with Crippen LogP contribution in [0.2, 0.25) is 0 Å². The molecule has 2 N–H and O–H groups in total. The van der Waals surface area contributed by atoms with E-state index in [-0.39, 0.29) is 23.6 Å². The third-order valence-electron chi connectivity index (χ3n) is 5.20. The second kappa shape index (κ2) is 7.71. The zero-order valence-corrected chi connectivity index (χ0v) is 16.6. The second-order valence-electron chi connectivity index (χ2n) is 7.12. The molecule has 1 fully saturated rings. The summed E-state index contributed by atoms with van der Waals surface area (Å²) in [4.78, 5) is 36.9. The first-order chi connectivity index (χ1) is 13.5. The Kier molecular flexibility index (Phi) is 5.13. The van der Waals surface area contributed by atoms with Gasteiger partial charge in [-0.05, 0) is 57.2 Å². The highest BCUT2D eigenvalue weighted by molar-refractivity contribution is 7.20. The van der Waals surface area contributed by atoms with Gasteiger partial charge in [0.1, 0.15) is 10.6 Å². The zero-order valence-electron chi connectivity index (χ0n) is 15.8. The Hall–Kier alpha value is -2.74. The number of carbonyl (C=O) groups excluding carboxylic acids is 1. The van der Waals surface area contributed by atoms with Gasteiger partial charge in [0, 0.05) is 12.2 Å². The van der Waals surface area contributed by atoms with Crippen LogP contribution in [0.3, 0.4) is 0 Å². The number of amides is 1. The van der Waals surface area contributed by atoms with Crippen molar-refractivity contribution in [2.45, 2.75) is 51.7 Å². The Balaban J connectivity index is 1.38. The van der Waals surface area contributed by atoms with Gasteiger partial charge >= 0.3 is 0 Å². The van der Waals surface area contributed by atoms with E-state index in [1.54, 1.807) is 13.1 Å². The van der Waals surface area contributed by atoms with Gasteiger partial charge in [-0.15, -0.1) is 11.3 Å². The minimum Gasteiger partial charge on any atom is -0.489 e. The Morgan fingerprint density at radius 1 is 1.25 bits per heavy atom. The Labute approximate surface area is 166 Å². The molecule has 4 rings (SSSR count). The molecule has 3 aromatic rings. The highest BCUT2D eigenvalue weighted by Gasteiger charge is 2.26. The number of H-pyrrole nitrogens is 1. The number of carbonyl (C=O) groups is 1. The van der Waals surface area contributed by atoms with E-state index in [9.17, 15) is 9.59 Å². The molecule has 0 unspecified atom stereocenters. The predicted molar refractivity (Wildman–Crippen MR) is 108 cm³/mol. The number of aromatic nitrogens is 3. The molecule has 0 bridgehead atoms. The summed E-state index contributed by atoms with van der Waals surface area (Å²) in [5, 5.41) is 3.62. The molecule has 8 heteroatoms. The maximum absolute atomic E-state index is 12.8. The molecule has 0 spiro atoms. The summed E-state index contributed by atoms with van der Waals surface area (Å²) in [6.45, 7) is 3.74. The van der Waals surface area contributed by atoms with Crippen molar-refractivity contribution in [2.75, 3.05) is 0 Å². The van der Waals surface area contributed by atoms with Crippen molar-refractivity contribution < 1.29 is 9.53 Å². The topological polar surface area (TPSA) is 97.0 Å². The summed E-state index contributed by atoms with van der Waals surface area (Å²) in [6, 6.07) is 3.93. The minimum absolute atomic E-state index is 0.109. The SMILES string of the molecule is Cc1ncccc1OC1CCC(NC(=O)c2sc3nc[nH]c(=O)c3c2C)CC1. The van der Waals surface area contributed by atoms with Gasteiger partial charge < -0.3 is 15.0 Å². The van der Waals surface area contributed by atoms with E-state index in [1.165, 1.54) is 17.7 Å². The number of fused-ring (bicyclic) bond motifs is 1. The number of aryl methyl sites for hydroxylation is 2. The highest BCUT2D eigenvalue weighted by atomic mass is 32.1. The standard InChI is InChI=1S/C20H22N4O3S/c1-11-16-18(25)22-10-23-20(16)28-17(11)19(26)24-13-5-7-14(8-6-13)27-15-4-3-9-21-12(15)2/h3-4,9-10,13-14H,5-8H2,1-2H3,(H,24,26)(H,22,23,25). The van der Waals surface area contributed by atoms with Crippen LogP contribution in [0.4, 0.5) is 0 Å². The third-order valence-corrected chi connectivity index (χ3v) is 6.40. The quantitative estimate of drug-likeness (QED) is 0.704. The van der Waals surface area contributed by atoms with E-state index in [2.05, 4.69) is 20.3 Å². The molecular formula is C20H22N4O3S. The number of hydrogen-bond acceptors (Lipinski definition) is 6. The molecule has 146 valence electrons. The number of nitrogens with zero attached hydrogens (tertiary/aromatic N) is 2. The van der Waals surface area contributed by atoms with Crippen molar-refractivity contribution in [1.29, 1.82) is 0 Å². The second-order valence-corrected chi connectivity index (χ2v) is 8.12. The van der Waals surface area contributed by atoms with E-state index in [0.29, 0.717) is 20.7 Å². The fraction of sp³-hybridized carbons (Fsp3) is 0.400. The highest BCUT2D eigenvalue weighted by Crippen LogP contribution is 2.28. The molecule has 0 atom stereocenters. The molecule has 1 aliphatic rings. The average Bonchev–Trinajstić information content (AvgIpc) is 3.03. The van der Waals surface area contributed by atoms with Crippen LogP contribution < -0.4 is 15.6 Å². The number of nitrogens with one attached hydrogen (secondary N) is 2. The van der Waals surface area contributed by atoms with Crippen LogP contribution in [0.15, 0.2) is 29.5 Å². The fourth-order valence-electron chi connectivity index (χ4n) is 3.64. The van der Waals surface area contributed by atoms with Gasteiger partial charge in [-0.3, -0.25) is 14.6 Å². The largest absolute Gasteiger partial charge is 0.489 e. The predicted octanol–water partition coefficient (Wildman–Crippen LogP) is 3.12. The van der Waals surface area contributed by atoms with E-state index in [1.807, 2.05) is 19.1 Å². The molecule has 1 aliphatic carbocycles. The Morgan fingerprint density at radius 3 is 2.75 bits per heavy atom. The van der Waals surface area contributed by atoms with Gasteiger partial charge in [0.2, 0.25) is 0 Å². The van der Waals surface area contributed by atoms with Gasteiger partial charge in [-0.2, -0.15) is 0 Å². The van der Waals surface area contributed by atoms with Crippen molar-refractivity contribution in [3.63, 3.8) is 0 Å². The van der Waals surface area contributed by atoms with Crippen molar-refractivity contribution in [2.24, 2.45) is 0 Å². The first kappa shape index (κ1) is 18.6. The van der Waals surface area contributed by atoms with Crippen LogP contribution in [-0.4, -0.2) is 33.0 Å². The number of ether oxygens (including phenoxy) is 1. The van der Waals surface area contributed by atoms with Gasteiger partial charge in [0.25, 0.3) is 11.5 Å². The summed E-state index contributed by atoms with van der Waals surface area (Å²) >= 11 is 1.26. The molecule has 3 aromatic heterocycles.